The third-order valence-electron chi connectivity index (χ3n) is 2.51. The van der Waals surface area contributed by atoms with E-state index < -0.39 is 27.7 Å². The van der Waals surface area contributed by atoms with Crippen molar-refractivity contribution in [3.05, 3.63) is 35.9 Å². The maximum Gasteiger partial charge on any atom is 0.307 e. The number of carbonyl (C=O) groups is 1. The Morgan fingerprint density at radius 3 is 2.32 bits per heavy atom. The van der Waals surface area contributed by atoms with E-state index in [4.69, 9.17) is 5.11 Å². The van der Waals surface area contributed by atoms with Gasteiger partial charge in [-0.3, -0.25) is 4.79 Å². The maximum atomic E-state index is 11.8. The standard InChI is InChI=1S/C13H19NO4S/c1-10(2)14-19(17,18)9-12(13(15)16)8-11-6-4-3-5-7-11/h3-7,10,12,14H,8-9H2,1-2H3,(H,15,16)/t12-/m0/s1. The van der Waals surface area contributed by atoms with Crippen LogP contribution in [0, 0.1) is 5.92 Å². The normalized spacial score (nSPS) is 13.4. The minimum absolute atomic E-state index is 0.204. The summed E-state index contributed by atoms with van der Waals surface area (Å²) in [5, 5.41) is 9.14. The molecule has 0 spiro atoms. The van der Waals surface area contributed by atoms with Gasteiger partial charge in [0, 0.05) is 6.04 Å². The largest absolute Gasteiger partial charge is 0.481 e. The van der Waals surface area contributed by atoms with Gasteiger partial charge < -0.3 is 5.11 Å². The van der Waals surface area contributed by atoms with Crippen molar-refractivity contribution in [2.24, 2.45) is 5.92 Å². The van der Waals surface area contributed by atoms with Crippen LogP contribution in [-0.2, 0) is 21.2 Å². The number of nitrogens with one attached hydrogen (secondary N) is 1. The van der Waals surface area contributed by atoms with Crippen molar-refractivity contribution < 1.29 is 18.3 Å². The van der Waals surface area contributed by atoms with Crippen molar-refractivity contribution in [1.29, 1.82) is 0 Å². The molecule has 1 atom stereocenters. The third kappa shape index (κ3) is 5.85. The Morgan fingerprint density at radius 1 is 1.26 bits per heavy atom. The summed E-state index contributed by atoms with van der Waals surface area (Å²) in [5.41, 5.74) is 0.814. The zero-order valence-corrected chi connectivity index (χ0v) is 11.9. The molecule has 1 aromatic rings. The number of sulfonamides is 1. The van der Waals surface area contributed by atoms with Crippen molar-refractivity contribution in [3.63, 3.8) is 0 Å². The van der Waals surface area contributed by atoms with E-state index in [1.807, 2.05) is 6.07 Å². The highest BCUT2D eigenvalue weighted by molar-refractivity contribution is 7.89. The molecule has 0 saturated carbocycles. The fourth-order valence-corrected chi connectivity index (χ4v) is 3.39. The molecule has 0 aliphatic heterocycles. The molecule has 19 heavy (non-hydrogen) atoms. The van der Waals surface area contributed by atoms with Crippen LogP contribution in [0.3, 0.4) is 0 Å². The first kappa shape index (κ1) is 15.7. The number of carboxylic acids is 1. The SMILES string of the molecule is CC(C)NS(=O)(=O)C[C@H](Cc1ccccc1)C(=O)O. The van der Waals surface area contributed by atoms with E-state index >= 15 is 0 Å². The number of aliphatic carboxylic acids is 1. The summed E-state index contributed by atoms with van der Waals surface area (Å²) in [7, 11) is -3.58. The minimum Gasteiger partial charge on any atom is -0.481 e. The van der Waals surface area contributed by atoms with Gasteiger partial charge in [0.1, 0.15) is 0 Å². The lowest BCUT2D eigenvalue weighted by Crippen LogP contribution is -2.37. The van der Waals surface area contributed by atoms with Crippen molar-refractivity contribution in [2.45, 2.75) is 26.3 Å². The lowest BCUT2D eigenvalue weighted by Gasteiger charge is -2.15. The summed E-state index contributed by atoms with van der Waals surface area (Å²) in [6, 6.07) is 8.77. The van der Waals surface area contributed by atoms with Gasteiger partial charge in [-0.25, -0.2) is 13.1 Å². The zero-order chi connectivity index (χ0) is 14.5. The highest BCUT2D eigenvalue weighted by Gasteiger charge is 2.25. The molecule has 0 aliphatic carbocycles. The van der Waals surface area contributed by atoms with Gasteiger partial charge in [-0.2, -0.15) is 0 Å². The lowest BCUT2D eigenvalue weighted by atomic mass is 10.0. The van der Waals surface area contributed by atoms with Gasteiger partial charge in [-0.1, -0.05) is 30.3 Å². The number of rotatable bonds is 7. The fourth-order valence-electron chi connectivity index (χ4n) is 1.79. The summed E-state index contributed by atoms with van der Waals surface area (Å²) in [6.45, 7) is 3.40. The summed E-state index contributed by atoms with van der Waals surface area (Å²) in [6.07, 6.45) is 0.204. The summed E-state index contributed by atoms with van der Waals surface area (Å²) < 4.78 is 25.9. The van der Waals surface area contributed by atoms with Gasteiger partial charge in [-0.05, 0) is 25.8 Å². The van der Waals surface area contributed by atoms with Crippen LogP contribution in [0.4, 0.5) is 0 Å². The van der Waals surface area contributed by atoms with Crippen molar-refractivity contribution in [3.8, 4) is 0 Å². The van der Waals surface area contributed by atoms with Crippen LogP contribution in [-0.4, -0.2) is 31.3 Å². The molecule has 2 N–H and O–H groups in total. The van der Waals surface area contributed by atoms with Crippen LogP contribution in [0.15, 0.2) is 30.3 Å². The molecule has 0 aliphatic rings. The summed E-state index contributed by atoms with van der Waals surface area (Å²) in [4.78, 5) is 11.2. The number of hydrogen-bond donors (Lipinski definition) is 2. The van der Waals surface area contributed by atoms with Crippen LogP contribution in [0.5, 0.6) is 0 Å². The molecule has 1 rings (SSSR count). The van der Waals surface area contributed by atoms with Crippen LogP contribution in [0.25, 0.3) is 0 Å². The molecule has 1 aromatic carbocycles. The van der Waals surface area contributed by atoms with E-state index in [9.17, 15) is 13.2 Å². The highest BCUT2D eigenvalue weighted by atomic mass is 32.2. The lowest BCUT2D eigenvalue weighted by molar-refractivity contribution is -0.140. The van der Waals surface area contributed by atoms with E-state index in [1.54, 1.807) is 38.1 Å². The second-order valence-electron chi connectivity index (χ2n) is 4.78. The third-order valence-corrected chi connectivity index (χ3v) is 4.18. The Bertz CT molecular complexity index is 511. The van der Waals surface area contributed by atoms with Gasteiger partial charge in [0.15, 0.2) is 0 Å². The predicted octanol–water partition coefficient (Wildman–Crippen LogP) is 1.26. The van der Waals surface area contributed by atoms with Gasteiger partial charge in [0.25, 0.3) is 0 Å². The minimum atomic E-state index is -3.58. The molecule has 0 unspecified atom stereocenters. The maximum absolute atomic E-state index is 11.8. The Kier molecular flexibility index (Phi) is 5.50. The smallest absolute Gasteiger partial charge is 0.307 e. The Hall–Kier alpha value is -1.40. The summed E-state index contributed by atoms with van der Waals surface area (Å²) >= 11 is 0. The zero-order valence-electron chi connectivity index (χ0n) is 11.0. The molecule has 106 valence electrons. The molecule has 5 nitrogen and oxygen atoms in total. The van der Waals surface area contributed by atoms with Gasteiger partial charge in [0.05, 0.1) is 11.7 Å². The van der Waals surface area contributed by atoms with Gasteiger partial charge in [0.2, 0.25) is 10.0 Å². The molecule has 0 aromatic heterocycles. The average Bonchev–Trinajstić information content (AvgIpc) is 2.27. The first-order valence-electron chi connectivity index (χ1n) is 6.07. The van der Waals surface area contributed by atoms with E-state index in [-0.39, 0.29) is 12.5 Å². The summed E-state index contributed by atoms with van der Waals surface area (Å²) in [5.74, 6) is -2.45. The first-order chi connectivity index (χ1) is 8.80. The molecular weight excluding hydrogens is 266 g/mol. The van der Waals surface area contributed by atoms with Crippen LogP contribution >= 0.6 is 0 Å². The van der Waals surface area contributed by atoms with Gasteiger partial charge >= 0.3 is 5.97 Å². The Labute approximate surface area is 113 Å². The quantitative estimate of drug-likeness (QED) is 0.790. The second kappa shape index (κ2) is 6.68. The molecule has 0 bridgehead atoms. The Balaban J connectivity index is 2.77. The molecular formula is C13H19NO4S. The monoisotopic (exact) mass is 285 g/mol. The highest BCUT2D eigenvalue weighted by Crippen LogP contribution is 2.11. The topological polar surface area (TPSA) is 83.5 Å². The molecule has 6 heteroatoms. The van der Waals surface area contributed by atoms with E-state index in [0.717, 1.165) is 5.56 Å². The predicted molar refractivity (Wildman–Crippen MR) is 73.3 cm³/mol. The van der Waals surface area contributed by atoms with E-state index in [2.05, 4.69) is 4.72 Å². The van der Waals surface area contributed by atoms with Crippen LogP contribution < -0.4 is 4.72 Å². The van der Waals surface area contributed by atoms with E-state index in [0.29, 0.717) is 0 Å². The van der Waals surface area contributed by atoms with Crippen molar-refractivity contribution >= 4 is 16.0 Å². The average molecular weight is 285 g/mol. The van der Waals surface area contributed by atoms with Gasteiger partial charge in [-0.15, -0.1) is 0 Å². The van der Waals surface area contributed by atoms with Crippen LogP contribution in [0.1, 0.15) is 19.4 Å². The molecule has 0 heterocycles. The molecule has 0 amide bonds. The number of hydrogen-bond acceptors (Lipinski definition) is 3. The first-order valence-corrected chi connectivity index (χ1v) is 7.72. The Morgan fingerprint density at radius 2 is 1.84 bits per heavy atom. The fraction of sp³-hybridized carbons (Fsp3) is 0.462. The number of carboxylic acid groups (broad SMARTS) is 1. The van der Waals surface area contributed by atoms with Crippen LogP contribution in [0.2, 0.25) is 0 Å². The number of benzene rings is 1. The second-order valence-corrected chi connectivity index (χ2v) is 6.58. The molecule has 0 radical (unpaired) electrons. The van der Waals surface area contributed by atoms with Crippen molar-refractivity contribution in [2.75, 3.05) is 5.75 Å². The molecule has 0 fully saturated rings. The molecule has 0 saturated heterocycles. The van der Waals surface area contributed by atoms with Crippen molar-refractivity contribution in [1.82, 2.24) is 4.72 Å². The van der Waals surface area contributed by atoms with E-state index in [1.165, 1.54) is 0 Å².